The van der Waals surface area contributed by atoms with Gasteiger partial charge in [0.05, 0.1) is 0 Å². The number of carbonyl (C=O) groups excluding carboxylic acids is 1. The summed E-state index contributed by atoms with van der Waals surface area (Å²) in [6.07, 6.45) is -5.17. The number of aliphatic carboxylic acids is 1. The molecule has 2 N–H and O–H groups in total. The highest BCUT2D eigenvalue weighted by molar-refractivity contribution is 5.87. The fraction of sp³-hybridized carbons (Fsp3) is 0.333. The molecule has 0 saturated carbocycles. The number of carboxylic acid groups (broad SMARTS) is 1. The van der Waals surface area contributed by atoms with Gasteiger partial charge in [0.25, 0.3) is 0 Å². The first-order chi connectivity index (χ1) is 9.79. The quantitative estimate of drug-likeness (QED) is 0.878. The van der Waals surface area contributed by atoms with Gasteiger partial charge in [-0.25, -0.2) is 4.79 Å². The van der Waals surface area contributed by atoms with E-state index in [4.69, 9.17) is 14.6 Å². The SMILES string of the molecule is O=C(O)C(NC(=O)C(F)(F)F)c1ccc2c(c1)OCCO2. The molecule has 114 valence electrons. The van der Waals surface area contributed by atoms with E-state index in [1.807, 2.05) is 0 Å². The summed E-state index contributed by atoms with van der Waals surface area (Å²) < 4.78 is 47.1. The molecule has 0 spiro atoms. The Labute approximate surface area is 116 Å². The van der Waals surface area contributed by atoms with E-state index in [2.05, 4.69) is 0 Å². The van der Waals surface area contributed by atoms with Crippen LogP contribution in [0.3, 0.4) is 0 Å². The third kappa shape index (κ3) is 3.36. The van der Waals surface area contributed by atoms with Crippen molar-refractivity contribution in [2.75, 3.05) is 13.2 Å². The van der Waals surface area contributed by atoms with E-state index in [-0.39, 0.29) is 17.9 Å². The summed E-state index contributed by atoms with van der Waals surface area (Å²) in [4.78, 5) is 22.0. The first-order valence-corrected chi connectivity index (χ1v) is 5.79. The van der Waals surface area contributed by atoms with Crippen molar-refractivity contribution in [3.05, 3.63) is 23.8 Å². The Morgan fingerprint density at radius 1 is 1.19 bits per heavy atom. The van der Waals surface area contributed by atoms with Crippen LogP contribution in [0.4, 0.5) is 13.2 Å². The van der Waals surface area contributed by atoms with Gasteiger partial charge in [0.15, 0.2) is 17.5 Å². The smallest absolute Gasteiger partial charge is 0.471 e. The molecule has 2 rings (SSSR count). The van der Waals surface area contributed by atoms with Gasteiger partial charge in [-0.05, 0) is 17.7 Å². The molecule has 21 heavy (non-hydrogen) atoms. The zero-order chi connectivity index (χ0) is 15.6. The highest BCUT2D eigenvalue weighted by Gasteiger charge is 2.41. The van der Waals surface area contributed by atoms with Gasteiger partial charge in [-0.15, -0.1) is 0 Å². The molecule has 0 fully saturated rings. The average molecular weight is 305 g/mol. The number of benzene rings is 1. The number of alkyl halides is 3. The predicted molar refractivity (Wildman–Crippen MR) is 62.0 cm³/mol. The van der Waals surface area contributed by atoms with Gasteiger partial charge in [-0.1, -0.05) is 6.07 Å². The third-order valence-electron chi connectivity index (χ3n) is 2.68. The molecule has 1 heterocycles. The van der Waals surface area contributed by atoms with Crippen LogP contribution in [0.5, 0.6) is 11.5 Å². The van der Waals surface area contributed by atoms with Crippen LogP contribution in [0.1, 0.15) is 11.6 Å². The molecule has 1 amide bonds. The van der Waals surface area contributed by atoms with Gasteiger partial charge in [-0.3, -0.25) is 4.79 Å². The van der Waals surface area contributed by atoms with Gasteiger partial charge in [-0.2, -0.15) is 13.2 Å². The summed E-state index contributed by atoms with van der Waals surface area (Å²) in [6.45, 7) is 0.558. The van der Waals surface area contributed by atoms with Gasteiger partial charge >= 0.3 is 18.1 Å². The van der Waals surface area contributed by atoms with Crippen LogP contribution in [-0.4, -0.2) is 36.4 Å². The third-order valence-corrected chi connectivity index (χ3v) is 2.68. The van der Waals surface area contributed by atoms with Crippen molar-refractivity contribution < 1.29 is 37.3 Å². The number of hydrogen-bond donors (Lipinski definition) is 2. The molecule has 0 radical (unpaired) electrons. The molecule has 1 aromatic rings. The summed E-state index contributed by atoms with van der Waals surface area (Å²) in [7, 11) is 0. The Hall–Kier alpha value is -2.45. The second-order valence-corrected chi connectivity index (χ2v) is 4.15. The topological polar surface area (TPSA) is 84.9 Å². The van der Waals surface area contributed by atoms with Crippen LogP contribution in [0.15, 0.2) is 18.2 Å². The zero-order valence-electron chi connectivity index (χ0n) is 10.4. The van der Waals surface area contributed by atoms with E-state index < -0.39 is 24.1 Å². The van der Waals surface area contributed by atoms with E-state index in [1.54, 1.807) is 0 Å². The lowest BCUT2D eigenvalue weighted by Gasteiger charge is -2.21. The molecule has 1 unspecified atom stereocenters. The number of carboxylic acids is 1. The minimum absolute atomic E-state index is 0.0515. The maximum atomic E-state index is 12.2. The number of rotatable bonds is 3. The molecule has 1 atom stereocenters. The molecule has 1 aromatic carbocycles. The van der Waals surface area contributed by atoms with E-state index in [0.29, 0.717) is 12.4 Å². The molecule has 1 aliphatic rings. The highest BCUT2D eigenvalue weighted by atomic mass is 19.4. The Balaban J connectivity index is 2.26. The van der Waals surface area contributed by atoms with Crippen molar-refractivity contribution in [3.63, 3.8) is 0 Å². The Kier molecular flexibility index (Phi) is 3.92. The zero-order valence-corrected chi connectivity index (χ0v) is 10.4. The summed E-state index contributed by atoms with van der Waals surface area (Å²) in [5.41, 5.74) is -0.0515. The first kappa shape index (κ1) is 14.9. The minimum Gasteiger partial charge on any atom is -0.486 e. The van der Waals surface area contributed by atoms with Crippen LogP contribution in [-0.2, 0) is 9.59 Å². The van der Waals surface area contributed by atoms with E-state index in [1.165, 1.54) is 23.5 Å². The number of nitrogens with one attached hydrogen (secondary N) is 1. The lowest BCUT2D eigenvalue weighted by molar-refractivity contribution is -0.175. The maximum Gasteiger partial charge on any atom is 0.471 e. The van der Waals surface area contributed by atoms with Gasteiger partial charge < -0.3 is 19.9 Å². The van der Waals surface area contributed by atoms with Crippen molar-refractivity contribution in [3.8, 4) is 11.5 Å². The second-order valence-electron chi connectivity index (χ2n) is 4.15. The number of halogens is 3. The average Bonchev–Trinajstić information content (AvgIpc) is 2.42. The van der Waals surface area contributed by atoms with Gasteiger partial charge in [0.2, 0.25) is 0 Å². The standard InChI is InChI=1S/C12H10F3NO5/c13-12(14,15)11(19)16-9(10(17)18)6-1-2-7-8(5-6)21-4-3-20-7/h1-2,5,9H,3-4H2,(H,16,19)(H,17,18). The minimum atomic E-state index is -5.17. The van der Waals surface area contributed by atoms with Crippen molar-refractivity contribution in [1.29, 1.82) is 0 Å². The summed E-state index contributed by atoms with van der Waals surface area (Å²) >= 11 is 0. The number of amides is 1. The lowest BCUT2D eigenvalue weighted by atomic mass is 10.1. The van der Waals surface area contributed by atoms with Crippen LogP contribution in [0.25, 0.3) is 0 Å². The Morgan fingerprint density at radius 3 is 2.38 bits per heavy atom. The number of hydrogen-bond acceptors (Lipinski definition) is 4. The second kappa shape index (κ2) is 5.51. The summed E-state index contributed by atoms with van der Waals surface area (Å²) in [6, 6.07) is 2.02. The predicted octanol–water partition coefficient (Wildman–Crippen LogP) is 1.26. The monoisotopic (exact) mass is 305 g/mol. The van der Waals surface area contributed by atoms with E-state index in [0.717, 1.165) is 0 Å². The van der Waals surface area contributed by atoms with Gasteiger partial charge in [0.1, 0.15) is 13.2 Å². The van der Waals surface area contributed by atoms with Crippen molar-refractivity contribution in [2.24, 2.45) is 0 Å². The highest BCUT2D eigenvalue weighted by Crippen LogP contribution is 2.33. The number of carbonyl (C=O) groups is 2. The molecular formula is C12H10F3NO5. The molecule has 0 aromatic heterocycles. The van der Waals surface area contributed by atoms with E-state index >= 15 is 0 Å². The fourth-order valence-electron chi connectivity index (χ4n) is 1.74. The van der Waals surface area contributed by atoms with Crippen LogP contribution >= 0.6 is 0 Å². The largest absolute Gasteiger partial charge is 0.486 e. The molecule has 0 aliphatic carbocycles. The van der Waals surface area contributed by atoms with E-state index in [9.17, 15) is 22.8 Å². The molecule has 6 nitrogen and oxygen atoms in total. The molecule has 0 saturated heterocycles. The first-order valence-electron chi connectivity index (χ1n) is 5.79. The molecule has 0 bridgehead atoms. The van der Waals surface area contributed by atoms with Crippen LogP contribution in [0.2, 0.25) is 0 Å². The molecule has 9 heteroatoms. The Morgan fingerprint density at radius 2 is 1.81 bits per heavy atom. The number of fused-ring (bicyclic) bond motifs is 1. The fourth-order valence-corrected chi connectivity index (χ4v) is 1.74. The normalized spacial score (nSPS) is 15.2. The molecule has 1 aliphatic heterocycles. The van der Waals surface area contributed by atoms with Crippen LogP contribution in [0, 0.1) is 0 Å². The summed E-state index contributed by atoms with van der Waals surface area (Å²) in [5, 5.41) is 10.4. The van der Waals surface area contributed by atoms with Gasteiger partial charge in [0, 0.05) is 0 Å². The Bertz CT molecular complexity index is 573. The van der Waals surface area contributed by atoms with Crippen LogP contribution < -0.4 is 14.8 Å². The summed E-state index contributed by atoms with van der Waals surface area (Å²) in [5.74, 6) is -3.38. The van der Waals surface area contributed by atoms with Crippen molar-refractivity contribution in [1.82, 2.24) is 5.32 Å². The maximum absolute atomic E-state index is 12.2. The number of ether oxygens (including phenoxy) is 2. The van der Waals surface area contributed by atoms with Crippen molar-refractivity contribution in [2.45, 2.75) is 12.2 Å². The molecular weight excluding hydrogens is 295 g/mol. The lowest BCUT2D eigenvalue weighted by Crippen LogP contribution is -2.41. The van der Waals surface area contributed by atoms with Crippen molar-refractivity contribution >= 4 is 11.9 Å².